The summed E-state index contributed by atoms with van der Waals surface area (Å²) in [7, 11) is 0. The highest BCUT2D eigenvalue weighted by molar-refractivity contribution is 6.08. The van der Waals surface area contributed by atoms with Crippen molar-refractivity contribution in [2.75, 3.05) is 0 Å². The second kappa shape index (κ2) is 9.96. The molecular formula is C21H30O3. The normalized spacial score (nSPS) is 11.4. The summed E-state index contributed by atoms with van der Waals surface area (Å²) < 4.78 is 0. The van der Waals surface area contributed by atoms with E-state index in [1.807, 2.05) is 6.92 Å². The van der Waals surface area contributed by atoms with Crippen LogP contribution in [0.3, 0.4) is 0 Å². The number of aromatic hydroxyl groups is 2. The summed E-state index contributed by atoms with van der Waals surface area (Å²) in [5.41, 5.74) is 3.30. The van der Waals surface area contributed by atoms with E-state index in [0.717, 1.165) is 43.2 Å². The lowest BCUT2D eigenvalue weighted by Gasteiger charge is -2.11. The van der Waals surface area contributed by atoms with Crippen molar-refractivity contribution >= 4 is 5.78 Å². The van der Waals surface area contributed by atoms with Gasteiger partial charge in [-0.25, -0.2) is 0 Å². The molecule has 24 heavy (non-hydrogen) atoms. The fourth-order valence-corrected chi connectivity index (χ4v) is 2.67. The van der Waals surface area contributed by atoms with E-state index >= 15 is 0 Å². The average Bonchev–Trinajstić information content (AvgIpc) is 2.46. The van der Waals surface area contributed by atoms with Gasteiger partial charge in [-0.2, -0.15) is 0 Å². The second-order valence-electron chi connectivity index (χ2n) is 6.63. The molecule has 0 fully saturated rings. The van der Waals surface area contributed by atoms with Crippen LogP contribution >= 0.6 is 0 Å². The molecule has 132 valence electrons. The summed E-state index contributed by atoms with van der Waals surface area (Å²) >= 11 is 0. The van der Waals surface area contributed by atoms with E-state index in [4.69, 9.17) is 0 Å². The number of aryl methyl sites for hydroxylation is 1. The molecule has 1 aromatic carbocycles. The zero-order valence-electron chi connectivity index (χ0n) is 15.4. The van der Waals surface area contributed by atoms with Crippen molar-refractivity contribution < 1.29 is 15.0 Å². The Labute approximate surface area is 145 Å². The van der Waals surface area contributed by atoms with Gasteiger partial charge in [0.05, 0.1) is 5.56 Å². The third-order valence-electron chi connectivity index (χ3n) is 3.95. The number of rotatable bonds is 9. The predicted octanol–water partition coefficient (Wildman–Crippen LogP) is 5.71. The van der Waals surface area contributed by atoms with Gasteiger partial charge in [0.25, 0.3) is 0 Å². The fraction of sp³-hybridized carbons (Fsp3) is 0.476. The number of allylic oxidation sites excluding steroid dienone is 4. The van der Waals surface area contributed by atoms with Crippen LogP contribution in [0.4, 0.5) is 0 Å². The number of benzene rings is 1. The maximum atomic E-state index is 12.6. The number of ketones is 1. The molecule has 0 spiro atoms. The maximum absolute atomic E-state index is 12.6. The maximum Gasteiger partial charge on any atom is 0.189 e. The molecule has 0 aliphatic heterocycles. The molecule has 2 N–H and O–H groups in total. The highest BCUT2D eigenvalue weighted by Crippen LogP contribution is 2.29. The smallest absolute Gasteiger partial charge is 0.189 e. The molecular weight excluding hydrogens is 300 g/mol. The minimum atomic E-state index is -0.186. The Kier molecular flexibility index (Phi) is 8.31. The summed E-state index contributed by atoms with van der Waals surface area (Å²) in [5.74, 6) is -0.326. The number of phenolic OH excluding ortho intramolecular Hbond substituents is 2. The van der Waals surface area contributed by atoms with Gasteiger partial charge in [0.2, 0.25) is 0 Å². The molecule has 0 atom stereocenters. The average molecular weight is 330 g/mol. The van der Waals surface area contributed by atoms with E-state index in [2.05, 4.69) is 26.8 Å². The molecule has 0 amide bonds. The molecule has 1 aromatic rings. The third-order valence-corrected chi connectivity index (χ3v) is 3.95. The van der Waals surface area contributed by atoms with Crippen LogP contribution in [-0.2, 0) is 6.42 Å². The Morgan fingerprint density at radius 1 is 1.12 bits per heavy atom. The van der Waals surface area contributed by atoms with Gasteiger partial charge >= 0.3 is 0 Å². The number of carbonyl (C=O) groups excluding carboxylic acids is 1. The first kappa shape index (κ1) is 20.0. The van der Waals surface area contributed by atoms with Gasteiger partial charge in [0, 0.05) is 6.07 Å². The van der Waals surface area contributed by atoms with Gasteiger partial charge in [-0.05, 0) is 64.2 Å². The Morgan fingerprint density at radius 3 is 2.46 bits per heavy atom. The van der Waals surface area contributed by atoms with Crippen LogP contribution in [0, 0.1) is 0 Å². The summed E-state index contributed by atoms with van der Waals surface area (Å²) in [6, 6.07) is 2.83. The largest absolute Gasteiger partial charge is 0.508 e. The van der Waals surface area contributed by atoms with Gasteiger partial charge in [0.1, 0.15) is 11.5 Å². The van der Waals surface area contributed by atoms with Crippen molar-refractivity contribution in [1.82, 2.24) is 0 Å². The van der Waals surface area contributed by atoms with Crippen LogP contribution in [0.5, 0.6) is 11.5 Å². The highest BCUT2D eigenvalue weighted by atomic mass is 16.3. The van der Waals surface area contributed by atoms with Crippen LogP contribution in [0.15, 0.2) is 35.4 Å². The van der Waals surface area contributed by atoms with E-state index < -0.39 is 0 Å². The van der Waals surface area contributed by atoms with Crippen LogP contribution in [0.2, 0.25) is 0 Å². The molecule has 3 nitrogen and oxygen atoms in total. The number of unbranched alkanes of at least 4 members (excludes halogenated alkanes) is 2. The summed E-state index contributed by atoms with van der Waals surface area (Å²) in [5, 5.41) is 19.9. The van der Waals surface area contributed by atoms with Crippen LogP contribution in [-0.4, -0.2) is 16.0 Å². The standard InChI is InChI=1S/C21H30O3/c1-5-6-7-11-17-13-18(22)14-20(24)21(17)19(23)12-16(4)10-8-9-15(2)3/h9,12-14,22,24H,5-8,10-11H2,1-4H3/b16-12+. The first-order valence-electron chi connectivity index (χ1n) is 8.74. The van der Waals surface area contributed by atoms with Gasteiger partial charge in [-0.3, -0.25) is 4.79 Å². The molecule has 0 saturated heterocycles. The quantitative estimate of drug-likeness (QED) is 0.264. The first-order valence-corrected chi connectivity index (χ1v) is 8.74. The molecule has 1 rings (SSSR count). The van der Waals surface area contributed by atoms with E-state index in [1.54, 1.807) is 12.1 Å². The topological polar surface area (TPSA) is 57.5 Å². The minimum absolute atomic E-state index is 0.000178. The molecule has 3 heteroatoms. The Balaban J connectivity index is 2.97. The van der Waals surface area contributed by atoms with Crippen LogP contribution < -0.4 is 0 Å². The number of carbonyl (C=O) groups is 1. The van der Waals surface area contributed by atoms with Gasteiger partial charge in [-0.1, -0.05) is 37.0 Å². The Hall–Kier alpha value is -2.03. The molecule has 0 aliphatic rings. The van der Waals surface area contributed by atoms with Crippen molar-refractivity contribution in [2.24, 2.45) is 0 Å². The number of hydrogen-bond donors (Lipinski definition) is 2. The molecule has 0 unspecified atom stereocenters. The van der Waals surface area contributed by atoms with Gasteiger partial charge < -0.3 is 10.2 Å². The Bertz CT molecular complexity index is 620. The van der Waals surface area contributed by atoms with Crippen LogP contribution in [0.25, 0.3) is 0 Å². The van der Waals surface area contributed by atoms with E-state index in [0.29, 0.717) is 12.0 Å². The summed E-state index contributed by atoms with van der Waals surface area (Å²) in [6.07, 6.45) is 9.23. The van der Waals surface area contributed by atoms with E-state index in [9.17, 15) is 15.0 Å². The molecule has 0 aliphatic carbocycles. The Morgan fingerprint density at radius 2 is 1.83 bits per heavy atom. The van der Waals surface area contributed by atoms with Crippen LogP contribution in [0.1, 0.15) is 75.7 Å². The van der Waals surface area contributed by atoms with E-state index in [-0.39, 0.29) is 17.3 Å². The van der Waals surface area contributed by atoms with Gasteiger partial charge in [-0.15, -0.1) is 0 Å². The van der Waals surface area contributed by atoms with Crippen molar-refractivity contribution in [2.45, 2.75) is 66.2 Å². The predicted molar refractivity (Wildman–Crippen MR) is 99.8 cm³/mol. The monoisotopic (exact) mass is 330 g/mol. The number of hydrogen-bond acceptors (Lipinski definition) is 3. The molecule has 0 bridgehead atoms. The van der Waals surface area contributed by atoms with Gasteiger partial charge in [0.15, 0.2) is 5.78 Å². The lowest BCUT2D eigenvalue weighted by atomic mass is 9.95. The zero-order chi connectivity index (χ0) is 18.1. The van der Waals surface area contributed by atoms with E-state index in [1.165, 1.54) is 11.6 Å². The minimum Gasteiger partial charge on any atom is -0.508 e. The molecule has 0 radical (unpaired) electrons. The van der Waals surface area contributed by atoms with Crippen molar-refractivity contribution in [3.05, 3.63) is 46.6 Å². The first-order chi connectivity index (χ1) is 11.3. The SMILES string of the molecule is CCCCCc1cc(O)cc(O)c1C(=O)/C=C(\C)CCC=C(C)C. The lowest BCUT2D eigenvalue weighted by molar-refractivity contribution is 0.104. The molecule has 0 aromatic heterocycles. The van der Waals surface area contributed by atoms with Crippen molar-refractivity contribution in [1.29, 1.82) is 0 Å². The third kappa shape index (κ3) is 6.61. The summed E-state index contributed by atoms with van der Waals surface area (Å²) in [4.78, 5) is 12.6. The zero-order valence-corrected chi connectivity index (χ0v) is 15.4. The van der Waals surface area contributed by atoms with Crippen molar-refractivity contribution in [3.8, 4) is 11.5 Å². The molecule has 0 saturated carbocycles. The second-order valence-corrected chi connectivity index (χ2v) is 6.63. The fourth-order valence-electron chi connectivity index (χ4n) is 2.67. The lowest BCUT2D eigenvalue weighted by Crippen LogP contribution is -2.03. The molecule has 0 heterocycles. The number of phenols is 2. The van der Waals surface area contributed by atoms with Crippen molar-refractivity contribution in [3.63, 3.8) is 0 Å². The summed E-state index contributed by atoms with van der Waals surface area (Å²) in [6.45, 7) is 8.16. The highest BCUT2D eigenvalue weighted by Gasteiger charge is 2.16.